The lowest BCUT2D eigenvalue weighted by molar-refractivity contribution is 0.0488. The lowest BCUT2D eigenvalue weighted by atomic mass is 10.2. The summed E-state index contributed by atoms with van der Waals surface area (Å²) in [5.41, 5.74) is 0.686. The Morgan fingerprint density at radius 3 is 2.82 bits per heavy atom. The molecule has 0 unspecified atom stereocenters. The molecule has 1 atom stereocenters. The van der Waals surface area contributed by atoms with Gasteiger partial charge in [-0.15, -0.1) is 5.10 Å². The van der Waals surface area contributed by atoms with E-state index in [4.69, 9.17) is 4.42 Å². The number of hydrogen-bond donors (Lipinski definition) is 1. The van der Waals surface area contributed by atoms with E-state index in [-0.39, 0.29) is 5.91 Å². The smallest absolute Gasteiger partial charge is 0.267 e. The molecule has 0 radical (unpaired) electrons. The number of rotatable bonds is 4. The summed E-state index contributed by atoms with van der Waals surface area (Å²) in [7, 11) is 0. The van der Waals surface area contributed by atoms with Crippen molar-refractivity contribution in [2.75, 3.05) is 32.7 Å². The summed E-state index contributed by atoms with van der Waals surface area (Å²) in [6.07, 6.45) is 0.922. The third kappa shape index (κ3) is 3.18. The molecule has 118 valence electrons. The van der Waals surface area contributed by atoms with E-state index in [1.54, 1.807) is 25.3 Å². The van der Waals surface area contributed by atoms with Crippen molar-refractivity contribution in [3.05, 3.63) is 34.7 Å². The maximum atomic E-state index is 12.4. The van der Waals surface area contributed by atoms with Crippen molar-refractivity contribution in [3.63, 3.8) is 0 Å². The molecule has 0 spiro atoms. The summed E-state index contributed by atoms with van der Waals surface area (Å²) in [5, 5.41) is 14.0. The van der Waals surface area contributed by atoms with Crippen LogP contribution in [0.3, 0.4) is 0 Å². The Balaban J connectivity index is 1.52. The van der Waals surface area contributed by atoms with E-state index in [0.29, 0.717) is 36.0 Å². The van der Waals surface area contributed by atoms with E-state index < -0.39 is 6.10 Å². The van der Waals surface area contributed by atoms with Gasteiger partial charge in [0, 0.05) is 32.7 Å². The second-order valence-corrected chi connectivity index (χ2v) is 6.07. The van der Waals surface area contributed by atoms with Gasteiger partial charge in [-0.1, -0.05) is 4.49 Å². The molecule has 1 fully saturated rings. The molecule has 1 saturated heterocycles. The number of piperazine rings is 1. The predicted octanol–water partition coefficient (Wildman–Crippen LogP) is 0.931. The molecule has 0 aromatic carbocycles. The van der Waals surface area contributed by atoms with Gasteiger partial charge in [0.15, 0.2) is 0 Å². The fourth-order valence-corrected chi connectivity index (χ4v) is 3.15. The van der Waals surface area contributed by atoms with Crippen molar-refractivity contribution in [2.45, 2.75) is 13.0 Å². The number of hydrogen-bond acceptors (Lipinski definition) is 7. The molecular weight excluding hydrogens is 304 g/mol. The van der Waals surface area contributed by atoms with Crippen molar-refractivity contribution >= 4 is 17.4 Å². The van der Waals surface area contributed by atoms with Crippen molar-refractivity contribution in [3.8, 4) is 0 Å². The van der Waals surface area contributed by atoms with Crippen LogP contribution in [0.15, 0.2) is 22.8 Å². The standard InChI is InChI=1S/C14H18N4O3S/c1-10-13(22-16-15-10)14(20)18-6-4-17(5-7-18)9-11(19)12-3-2-8-21-12/h2-3,8,11,19H,4-7,9H2,1H3/t11-/m1/s1. The number of aromatic nitrogens is 2. The number of carbonyl (C=O) groups is 1. The summed E-state index contributed by atoms with van der Waals surface area (Å²) in [6.45, 7) is 5.05. The van der Waals surface area contributed by atoms with E-state index in [1.807, 2.05) is 4.90 Å². The predicted molar refractivity (Wildman–Crippen MR) is 80.7 cm³/mol. The van der Waals surface area contributed by atoms with Gasteiger partial charge in [-0.05, 0) is 30.6 Å². The molecule has 0 bridgehead atoms. The molecule has 1 aliphatic heterocycles. The van der Waals surface area contributed by atoms with Gasteiger partial charge in [0.05, 0.1) is 12.0 Å². The SMILES string of the molecule is Cc1nnsc1C(=O)N1CCN(C[C@@H](O)c2ccco2)CC1. The van der Waals surface area contributed by atoms with Crippen LogP contribution in [-0.4, -0.2) is 63.1 Å². The number of aliphatic hydroxyl groups is 1. The number of nitrogens with zero attached hydrogens (tertiary/aromatic N) is 4. The topological polar surface area (TPSA) is 82.7 Å². The molecule has 1 N–H and O–H groups in total. The quantitative estimate of drug-likeness (QED) is 0.902. The van der Waals surface area contributed by atoms with Gasteiger partial charge >= 0.3 is 0 Å². The summed E-state index contributed by atoms with van der Waals surface area (Å²) in [6, 6.07) is 3.53. The van der Waals surface area contributed by atoms with Gasteiger partial charge in [0.1, 0.15) is 16.7 Å². The monoisotopic (exact) mass is 322 g/mol. The van der Waals surface area contributed by atoms with E-state index in [2.05, 4.69) is 14.5 Å². The van der Waals surface area contributed by atoms with Crippen molar-refractivity contribution < 1.29 is 14.3 Å². The van der Waals surface area contributed by atoms with E-state index in [1.165, 1.54) is 0 Å². The minimum atomic E-state index is -0.634. The molecule has 1 aliphatic rings. The van der Waals surface area contributed by atoms with Crippen molar-refractivity contribution in [1.29, 1.82) is 0 Å². The zero-order valence-electron chi connectivity index (χ0n) is 12.3. The fraction of sp³-hybridized carbons (Fsp3) is 0.500. The van der Waals surface area contributed by atoms with Crippen LogP contribution in [0, 0.1) is 6.92 Å². The highest BCUT2D eigenvalue weighted by atomic mass is 32.1. The van der Waals surface area contributed by atoms with Gasteiger partial charge in [0.25, 0.3) is 5.91 Å². The molecule has 2 aromatic rings. The average molecular weight is 322 g/mol. The summed E-state index contributed by atoms with van der Waals surface area (Å²) < 4.78 is 9.02. The zero-order chi connectivity index (χ0) is 15.5. The molecule has 7 nitrogen and oxygen atoms in total. The molecule has 2 aromatic heterocycles. The normalized spacial score (nSPS) is 17.6. The Morgan fingerprint density at radius 2 is 2.23 bits per heavy atom. The van der Waals surface area contributed by atoms with Crippen LogP contribution in [0.4, 0.5) is 0 Å². The number of amides is 1. The zero-order valence-corrected chi connectivity index (χ0v) is 13.1. The molecular formula is C14H18N4O3S. The van der Waals surface area contributed by atoms with Gasteiger partial charge in [-0.2, -0.15) is 0 Å². The van der Waals surface area contributed by atoms with Crippen LogP contribution in [0.1, 0.15) is 27.2 Å². The first kappa shape index (κ1) is 15.1. The summed E-state index contributed by atoms with van der Waals surface area (Å²) in [4.78, 5) is 16.9. The molecule has 22 heavy (non-hydrogen) atoms. The van der Waals surface area contributed by atoms with Crippen molar-refractivity contribution in [2.24, 2.45) is 0 Å². The Kier molecular flexibility index (Phi) is 4.51. The minimum absolute atomic E-state index is 0.00117. The van der Waals surface area contributed by atoms with Gasteiger partial charge < -0.3 is 14.4 Å². The molecule has 0 aliphatic carbocycles. The number of aliphatic hydroxyl groups excluding tert-OH is 1. The van der Waals surface area contributed by atoms with Crippen LogP contribution in [-0.2, 0) is 0 Å². The number of furan rings is 1. The lowest BCUT2D eigenvalue weighted by Crippen LogP contribution is -2.49. The average Bonchev–Trinajstić information content (AvgIpc) is 3.18. The minimum Gasteiger partial charge on any atom is -0.467 e. The second-order valence-electron chi connectivity index (χ2n) is 5.31. The number of carbonyl (C=O) groups excluding carboxylic acids is 1. The third-order valence-corrected chi connectivity index (χ3v) is 4.62. The first-order chi connectivity index (χ1) is 10.6. The lowest BCUT2D eigenvalue weighted by Gasteiger charge is -2.35. The van der Waals surface area contributed by atoms with Crippen molar-refractivity contribution in [1.82, 2.24) is 19.4 Å². The molecule has 3 heterocycles. The van der Waals surface area contributed by atoms with Crippen LogP contribution >= 0.6 is 11.5 Å². The third-order valence-electron chi connectivity index (χ3n) is 3.81. The fourth-order valence-electron chi connectivity index (χ4n) is 2.52. The van der Waals surface area contributed by atoms with Gasteiger partial charge in [-0.25, -0.2) is 0 Å². The Hall–Kier alpha value is -1.77. The Bertz CT molecular complexity index is 620. The largest absolute Gasteiger partial charge is 0.467 e. The maximum absolute atomic E-state index is 12.4. The van der Waals surface area contributed by atoms with Crippen LogP contribution in [0.5, 0.6) is 0 Å². The highest BCUT2D eigenvalue weighted by Crippen LogP contribution is 2.17. The van der Waals surface area contributed by atoms with Gasteiger partial charge in [0.2, 0.25) is 0 Å². The highest BCUT2D eigenvalue weighted by Gasteiger charge is 2.26. The Labute approximate surface area is 132 Å². The maximum Gasteiger partial charge on any atom is 0.267 e. The van der Waals surface area contributed by atoms with E-state index in [0.717, 1.165) is 24.6 Å². The van der Waals surface area contributed by atoms with E-state index >= 15 is 0 Å². The first-order valence-electron chi connectivity index (χ1n) is 7.17. The van der Waals surface area contributed by atoms with Crippen LogP contribution in [0.2, 0.25) is 0 Å². The van der Waals surface area contributed by atoms with Crippen LogP contribution in [0.25, 0.3) is 0 Å². The summed E-state index contributed by atoms with van der Waals surface area (Å²) in [5.74, 6) is 0.573. The highest BCUT2D eigenvalue weighted by molar-refractivity contribution is 7.07. The molecule has 8 heteroatoms. The number of aryl methyl sites for hydroxylation is 1. The molecule has 1 amide bonds. The molecule has 0 saturated carbocycles. The van der Waals surface area contributed by atoms with E-state index in [9.17, 15) is 9.90 Å². The Morgan fingerprint density at radius 1 is 1.45 bits per heavy atom. The second kappa shape index (κ2) is 6.55. The molecule has 3 rings (SSSR count). The van der Waals surface area contributed by atoms with Crippen LogP contribution < -0.4 is 0 Å². The summed E-state index contributed by atoms with van der Waals surface area (Å²) >= 11 is 1.14. The number of β-amino-alcohol motifs (C(OH)–C–C–N with tert-alkyl or cyclic N) is 1. The van der Waals surface area contributed by atoms with Gasteiger partial charge in [-0.3, -0.25) is 9.69 Å². The first-order valence-corrected chi connectivity index (χ1v) is 7.94.